The highest BCUT2D eigenvalue weighted by Gasteiger charge is 2.04. The van der Waals surface area contributed by atoms with Gasteiger partial charge in [0.15, 0.2) is 23.0 Å². The molecular weight excluding hydrogens is 396 g/mol. The molecule has 3 aromatic rings. The van der Waals surface area contributed by atoms with Crippen molar-refractivity contribution >= 4 is 24.3 Å². The number of nitrogens with one attached hydrogen (secondary N) is 1. The number of aromatic amines is 1. The number of rotatable bonds is 8. The highest BCUT2D eigenvalue weighted by Crippen LogP contribution is 2.29. The lowest BCUT2D eigenvalue weighted by Crippen LogP contribution is -2.12. The fourth-order valence-electron chi connectivity index (χ4n) is 2.95. The molecule has 1 N–H and O–H groups in total. The number of benzene rings is 2. The second-order valence-corrected chi connectivity index (χ2v) is 6.46. The predicted molar refractivity (Wildman–Crippen MR) is 122 cm³/mol. The molecule has 0 unspecified atom stereocenters. The minimum Gasteiger partial charge on any atom is -0.493 e. The van der Waals surface area contributed by atoms with Crippen molar-refractivity contribution in [3.63, 3.8) is 0 Å². The quantitative estimate of drug-likeness (QED) is 0.590. The van der Waals surface area contributed by atoms with Crippen molar-refractivity contribution in [2.24, 2.45) is 0 Å². The first-order valence-corrected chi connectivity index (χ1v) is 9.48. The van der Waals surface area contributed by atoms with Gasteiger partial charge in [-0.1, -0.05) is 24.3 Å². The van der Waals surface area contributed by atoms with E-state index in [9.17, 15) is 4.79 Å². The van der Waals surface area contributed by atoms with Crippen molar-refractivity contribution in [1.82, 2.24) is 9.97 Å². The van der Waals surface area contributed by atoms with Crippen LogP contribution in [0.1, 0.15) is 22.5 Å². The van der Waals surface area contributed by atoms with E-state index in [2.05, 4.69) is 9.97 Å². The van der Waals surface area contributed by atoms with Gasteiger partial charge >= 0.3 is 5.69 Å². The maximum absolute atomic E-state index is 12.0. The summed E-state index contributed by atoms with van der Waals surface area (Å²) in [6.45, 7) is 0. The highest BCUT2D eigenvalue weighted by molar-refractivity contribution is 5.73. The molecular formula is C24H24N2O5. The topological polar surface area (TPSA) is 82.7 Å². The molecule has 160 valence electrons. The number of methoxy groups -OCH3 is 4. The van der Waals surface area contributed by atoms with Gasteiger partial charge in [-0.15, -0.1) is 0 Å². The molecule has 7 nitrogen and oxygen atoms in total. The minimum atomic E-state index is -0.429. The SMILES string of the molecule is COc1ccc(/C=C/c2cc(/C=C/c3ccc(OC)c(OC)c3)[nH]c(=O)n2)cc1OC. The zero-order valence-electron chi connectivity index (χ0n) is 17.8. The standard InChI is InChI=1S/C24H24N2O5/c1-28-20-11-7-16(13-22(20)30-3)5-9-18-15-19(26-24(27)25-18)10-6-17-8-12-21(29-2)23(14-17)31-4/h5-15H,1-4H3,(H,25,26,27)/b9-5+,10-6+. The van der Waals surface area contributed by atoms with Crippen LogP contribution in [0.5, 0.6) is 23.0 Å². The summed E-state index contributed by atoms with van der Waals surface area (Å²) >= 11 is 0. The van der Waals surface area contributed by atoms with Gasteiger partial charge in [-0.3, -0.25) is 0 Å². The lowest BCUT2D eigenvalue weighted by atomic mass is 10.1. The molecule has 0 atom stereocenters. The van der Waals surface area contributed by atoms with Crippen LogP contribution in [0.25, 0.3) is 24.3 Å². The fraction of sp³-hybridized carbons (Fsp3) is 0.167. The van der Waals surface area contributed by atoms with Gasteiger partial charge in [-0.2, -0.15) is 4.98 Å². The average Bonchev–Trinajstić information content (AvgIpc) is 2.80. The van der Waals surface area contributed by atoms with Crippen LogP contribution in [0.4, 0.5) is 0 Å². The van der Waals surface area contributed by atoms with Gasteiger partial charge in [0.25, 0.3) is 0 Å². The van der Waals surface area contributed by atoms with E-state index >= 15 is 0 Å². The van der Waals surface area contributed by atoms with E-state index in [0.29, 0.717) is 34.4 Å². The van der Waals surface area contributed by atoms with Crippen molar-refractivity contribution in [2.75, 3.05) is 28.4 Å². The molecule has 1 aromatic heterocycles. The molecule has 0 radical (unpaired) electrons. The van der Waals surface area contributed by atoms with Crippen molar-refractivity contribution in [3.05, 3.63) is 75.5 Å². The normalized spacial score (nSPS) is 11.1. The van der Waals surface area contributed by atoms with E-state index in [1.165, 1.54) is 0 Å². The third-order valence-electron chi connectivity index (χ3n) is 4.50. The predicted octanol–water partition coefficient (Wildman–Crippen LogP) is 4.15. The van der Waals surface area contributed by atoms with Crippen LogP contribution in [0.2, 0.25) is 0 Å². The van der Waals surface area contributed by atoms with Gasteiger partial charge in [0, 0.05) is 5.69 Å². The van der Waals surface area contributed by atoms with E-state index < -0.39 is 5.69 Å². The molecule has 3 rings (SSSR count). The Bertz CT molecular complexity index is 1080. The summed E-state index contributed by atoms with van der Waals surface area (Å²) in [5, 5.41) is 0. The summed E-state index contributed by atoms with van der Waals surface area (Å²) in [5.41, 5.74) is 2.52. The molecule has 1 heterocycles. The van der Waals surface area contributed by atoms with Crippen LogP contribution in [-0.4, -0.2) is 38.4 Å². The summed E-state index contributed by atoms with van der Waals surface area (Å²) in [7, 11) is 6.35. The summed E-state index contributed by atoms with van der Waals surface area (Å²) in [6.07, 6.45) is 7.29. The van der Waals surface area contributed by atoms with Gasteiger partial charge in [0.05, 0.1) is 34.1 Å². The summed E-state index contributed by atoms with van der Waals surface area (Å²) in [5.74, 6) is 2.56. The lowest BCUT2D eigenvalue weighted by molar-refractivity contribution is 0.355. The van der Waals surface area contributed by atoms with Crippen LogP contribution in [0.3, 0.4) is 0 Å². The molecule has 0 amide bonds. The van der Waals surface area contributed by atoms with Gasteiger partial charge in [-0.05, 0) is 53.6 Å². The Morgan fingerprint density at radius 2 is 1.19 bits per heavy atom. The number of hydrogen-bond donors (Lipinski definition) is 1. The van der Waals surface area contributed by atoms with Gasteiger partial charge in [0.2, 0.25) is 0 Å². The Hall–Kier alpha value is -4.00. The average molecular weight is 420 g/mol. The van der Waals surface area contributed by atoms with E-state index in [-0.39, 0.29) is 0 Å². The van der Waals surface area contributed by atoms with Crippen LogP contribution < -0.4 is 24.6 Å². The molecule has 0 saturated carbocycles. The van der Waals surface area contributed by atoms with E-state index in [4.69, 9.17) is 18.9 Å². The van der Waals surface area contributed by atoms with Gasteiger partial charge in [0.1, 0.15) is 0 Å². The number of H-pyrrole nitrogens is 1. The Morgan fingerprint density at radius 1 is 0.677 bits per heavy atom. The Morgan fingerprint density at radius 3 is 1.71 bits per heavy atom. The molecule has 0 bridgehead atoms. The first kappa shape index (κ1) is 21.7. The number of aromatic nitrogens is 2. The molecule has 0 aliphatic rings. The Kier molecular flexibility index (Phi) is 7.11. The molecule has 0 saturated heterocycles. The fourth-order valence-corrected chi connectivity index (χ4v) is 2.95. The second kappa shape index (κ2) is 10.2. The van der Waals surface area contributed by atoms with E-state index in [1.807, 2.05) is 48.6 Å². The maximum atomic E-state index is 12.0. The monoisotopic (exact) mass is 420 g/mol. The van der Waals surface area contributed by atoms with Crippen molar-refractivity contribution in [3.8, 4) is 23.0 Å². The van der Waals surface area contributed by atoms with E-state index in [1.54, 1.807) is 46.7 Å². The van der Waals surface area contributed by atoms with Crippen LogP contribution in [0, 0.1) is 0 Å². The molecule has 31 heavy (non-hydrogen) atoms. The zero-order valence-corrected chi connectivity index (χ0v) is 17.8. The lowest BCUT2D eigenvalue weighted by Gasteiger charge is -2.07. The molecule has 7 heteroatoms. The van der Waals surface area contributed by atoms with Crippen molar-refractivity contribution < 1.29 is 18.9 Å². The highest BCUT2D eigenvalue weighted by atomic mass is 16.5. The van der Waals surface area contributed by atoms with Crippen molar-refractivity contribution in [1.29, 1.82) is 0 Å². The minimum absolute atomic E-state index is 0.429. The smallest absolute Gasteiger partial charge is 0.345 e. The summed E-state index contributed by atoms with van der Waals surface area (Å²) in [6, 6.07) is 12.9. The Balaban J connectivity index is 1.83. The van der Waals surface area contributed by atoms with Gasteiger partial charge in [-0.25, -0.2) is 4.79 Å². The maximum Gasteiger partial charge on any atom is 0.345 e. The third-order valence-corrected chi connectivity index (χ3v) is 4.50. The molecule has 0 fully saturated rings. The van der Waals surface area contributed by atoms with Crippen LogP contribution >= 0.6 is 0 Å². The van der Waals surface area contributed by atoms with Crippen molar-refractivity contribution in [2.45, 2.75) is 0 Å². The van der Waals surface area contributed by atoms with Crippen LogP contribution in [-0.2, 0) is 0 Å². The third kappa shape index (κ3) is 5.54. The Labute approximate surface area is 180 Å². The first-order valence-electron chi connectivity index (χ1n) is 9.48. The zero-order chi connectivity index (χ0) is 22.2. The molecule has 2 aromatic carbocycles. The molecule has 0 spiro atoms. The first-order chi connectivity index (χ1) is 15.1. The second-order valence-electron chi connectivity index (χ2n) is 6.46. The molecule has 0 aliphatic carbocycles. The molecule has 0 aliphatic heterocycles. The van der Waals surface area contributed by atoms with Gasteiger partial charge < -0.3 is 23.9 Å². The largest absolute Gasteiger partial charge is 0.493 e. The number of ether oxygens (including phenoxy) is 4. The van der Waals surface area contributed by atoms with Crippen LogP contribution in [0.15, 0.2) is 47.3 Å². The summed E-state index contributed by atoms with van der Waals surface area (Å²) < 4.78 is 21.1. The summed E-state index contributed by atoms with van der Waals surface area (Å²) in [4.78, 5) is 18.7. The number of nitrogens with zero attached hydrogens (tertiary/aromatic N) is 1. The number of hydrogen-bond acceptors (Lipinski definition) is 6. The van der Waals surface area contributed by atoms with E-state index in [0.717, 1.165) is 11.1 Å².